The molecule has 0 heterocycles. The van der Waals surface area contributed by atoms with Crippen LogP contribution in [0, 0.1) is 0 Å². The van der Waals surface area contributed by atoms with Crippen LogP contribution in [0.15, 0.2) is 78.9 Å². The SMILES string of the molecule is C=C.C=C.C=C.C=C.C=C.C=C. The van der Waals surface area contributed by atoms with E-state index in [1.807, 2.05) is 0 Å². The summed E-state index contributed by atoms with van der Waals surface area (Å²) >= 11 is 0. The van der Waals surface area contributed by atoms with Gasteiger partial charge >= 0.3 is 0 Å². The molecule has 0 rings (SSSR count). The largest absolute Gasteiger partial charge is 0.106 e. The highest BCUT2D eigenvalue weighted by atomic mass is 12.7. The molecule has 0 bridgehead atoms. The van der Waals surface area contributed by atoms with Crippen molar-refractivity contribution >= 4 is 0 Å². The molecule has 0 atom stereocenters. The summed E-state index contributed by atoms with van der Waals surface area (Å²) in [5, 5.41) is 0. The molecule has 0 unspecified atom stereocenters. The number of hydrogen-bond acceptors (Lipinski definition) is 0. The van der Waals surface area contributed by atoms with Gasteiger partial charge in [-0.05, 0) is 0 Å². The highest BCUT2D eigenvalue weighted by molar-refractivity contribution is 4.23. The predicted molar refractivity (Wildman–Crippen MR) is 67.5 cm³/mol. The third-order valence-electron chi connectivity index (χ3n) is 0. The number of rotatable bonds is 0. The van der Waals surface area contributed by atoms with Gasteiger partial charge in [0.15, 0.2) is 0 Å². The second-order valence-corrected chi connectivity index (χ2v) is 0. The Hall–Kier alpha value is -1.56. The van der Waals surface area contributed by atoms with Crippen LogP contribution in [0.3, 0.4) is 0 Å². The summed E-state index contributed by atoms with van der Waals surface area (Å²) in [5.74, 6) is 0. The van der Waals surface area contributed by atoms with E-state index in [-0.39, 0.29) is 0 Å². The lowest BCUT2D eigenvalue weighted by Gasteiger charge is -0.813. The van der Waals surface area contributed by atoms with Crippen LogP contribution in [0.25, 0.3) is 0 Å². The van der Waals surface area contributed by atoms with Crippen molar-refractivity contribution in [2.45, 2.75) is 0 Å². The first kappa shape index (κ1) is 47.2. The zero-order chi connectivity index (χ0) is 12.0. The van der Waals surface area contributed by atoms with Crippen molar-refractivity contribution in [1.29, 1.82) is 0 Å². The molecule has 0 spiro atoms. The van der Waals surface area contributed by atoms with Crippen molar-refractivity contribution in [2.24, 2.45) is 0 Å². The van der Waals surface area contributed by atoms with Gasteiger partial charge in [-0.2, -0.15) is 0 Å². The Morgan fingerprint density at radius 2 is 0.167 bits per heavy atom. The molecule has 0 saturated carbocycles. The maximum Gasteiger partial charge on any atom is -0.106 e. The first-order valence-electron chi connectivity index (χ1n) is 3.00. The maximum atomic E-state index is 3.00. The van der Waals surface area contributed by atoms with Crippen molar-refractivity contribution < 1.29 is 0 Å². The Bertz CT molecular complexity index is 15.5. The average molecular weight is 168 g/mol. The standard InChI is InChI=1S/6C2H4/c6*1-2/h6*1-2H2. The second kappa shape index (κ2) is 276. The quantitative estimate of drug-likeness (QED) is 0.455. The van der Waals surface area contributed by atoms with Gasteiger partial charge in [0.1, 0.15) is 0 Å². The fraction of sp³-hybridized carbons (Fsp3) is 0. The highest BCUT2D eigenvalue weighted by Gasteiger charge is 0.611. The zero-order valence-corrected chi connectivity index (χ0v) is 8.49. The smallest absolute Gasteiger partial charge is 0.106 e. The van der Waals surface area contributed by atoms with Crippen molar-refractivity contribution in [1.82, 2.24) is 0 Å². The molecule has 0 radical (unpaired) electrons. The van der Waals surface area contributed by atoms with E-state index in [0.29, 0.717) is 0 Å². The molecular weight excluding hydrogens is 144 g/mol. The normalized spacial score (nSPS) is 2.00. The van der Waals surface area contributed by atoms with E-state index < -0.39 is 0 Å². The fourth-order valence-electron chi connectivity index (χ4n) is 0. The summed E-state index contributed by atoms with van der Waals surface area (Å²) in [4.78, 5) is 0. The zero-order valence-electron chi connectivity index (χ0n) is 8.49. The summed E-state index contributed by atoms with van der Waals surface area (Å²) in [7, 11) is 0. The molecule has 0 heteroatoms. The Kier molecular flexibility index (Phi) is 1090. The van der Waals surface area contributed by atoms with E-state index in [1.54, 1.807) is 0 Å². The van der Waals surface area contributed by atoms with Gasteiger partial charge in [0.25, 0.3) is 0 Å². The van der Waals surface area contributed by atoms with Gasteiger partial charge in [-0.3, -0.25) is 0 Å². The molecule has 0 aromatic rings. The minimum absolute atomic E-state index is 3.00. The van der Waals surface area contributed by atoms with E-state index in [2.05, 4.69) is 78.9 Å². The molecule has 0 aliphatic carbocycles. The Morgan fingerprint density at radius 1 is 0.167 bits per heavy atom. The second-order valence-electron chi connectivity index (χ2n) is 0. The van der Waals surface area contributed by atoms with Gasteiger partial charge < -0.3 is 0 Å². The molecule has 72 valence electrons. The number of hydrogen-bond donors (Lipinski definition) is 0. The first-order chi connectivity index (χ1) is 6.00. The molecule has 0 N–H and O–H groups in total. The van der Waals surface area contributed by atoms with Crippen LogP contribution < -0.4 is 0 Å². The molecule has 0 amide bonds. The molecule has 0 saturated heterocycles. The maximum absolute atomic E-state index is 3.00. The Labute approximate surface area is 79.6 Å². The van der Waals surface area contributed by atoms with E-state index in [1.165, 1.54) is 0 Å². The Morgan fingerprint density at radius 3 is 0.167 bits per heavy atom. The lowest BCUT2D eigenvalue weighted by Crippen LogP contribution is -0.552. The molecule has 12 heavy (non-hydrogen) atoms. The molecule has 0 aliphatic heterocycles. The van der Waals surface area contributed by atoms with E-state index >= 15 is 0 Å². The molecular formula is C12H24. The first-order valence-corrected chi connectivity index (χ1v) is 3.00. The lowest BCUT2D eigenvalue weighted by molar-refractivity contribution is 2.81. The van der Waals surface area contributed by atoms with Gasteiger partial charge in [-0.15, -0.1) is 78.9 Å². The topological polar surface area (TPSA) is 0 Å². The average Bonchev–Trinajstić information content (AvgIpc) is 2.33. The third kappa shape index (κ3) is 192. The summed E-state index contributed by atoms with van der Waals surface area (Å²) in [5.41, 5.74) is 0. The van der Waals surface area contributed by atoms with E-state index in [4.69, 9.17) is 0 Å². The molecule has 0 nitrogen and oxygen atoms in total. The highest BCUT2D eigenvalue weighted by Crippen LogP contribution is 0.872. The van der Waals surface area contributed by atoms with Crippen molar-refractivity contribution in [3.8, 4) is 0 Å². The van der Waals surface area contributed by atoms with Gasteiger partial charge in [0.2, 0.25) is 0 Å². The van der Waals surface area contributed by atoms with Crippen LogP contribution in [-0.2, 0) is 0 Å². The predicted octanol–water partition coefficient (Wildman–Crippen LogP) is 4.81. The molecule has 0 fully saturated rings. The summed E-state index contributed by atoms with van der Waals surface area (Å²) in [6.45, 7) is 36.0. The van der Waals surface area contributed by atoms with Crippen LogP contribution in [0.1, 0.15) is 0 Å². The summed E-state index contributed by atoms with van der Waals surface area (Å²) in [6.07, 6.45) is 0. The fourth-order valence-corrected chi connectivity index (χ4v) is 0. The van der Waals surface area contributed by atoms with Gasteiger partial charge in [0.05, 0.1) is 0 Å². The molecule has 0 aliphatic rings. The van der Waals surface area contributed by atoms with Gasteiger partial charge in [0, 0.05) is 0 Å². The monoisotopic (exact) mass is 168 g/mol. The van der Waals surface area contributed by atoms with E-state index in [9.17, 15) is 0 Å². The van der Waals surface area contributed by atoms with Crippen molar-refractivity contribution in [3.05, 3.63) is 78.9 Å². The minimum Gasteiger partial charge on any atom is -0.106 e. The third-order valence-corrected chi connectivity index (χ3v) is 0. The van der Waals surface area contributed by atoms with E-state index in [0.717, 1.165) is 0 Å². The summed E-state index contributed by atoms with van der Waals surface area (Å²) in [6, 6.07) is 0. The lowest BCUT2D eigenvalue weighted by atomic mass is 11.3. The minimum atomic E-state index is 3.00. The van der Waals surface area contributed by atoms with Crippen LogP contribution in [0.2, 0.25) is 0 Å². The van der Waals surface area contributed by atoms with Crippen molar-refractivity contribution in [2.75, 3.05) is 0 Å². The van der Waals surface area contributed by atoms with Gasteiger partial charge in [-0.1, -0.05) is 0 Å². The van der Waals surface area contributed by atoms with Crippen LogP contribution in [0.5, 0.6) is 0 Å². The van der Waals surface area contributed by atoms with Gasteiger partial charge in [-0.25, -0.2) is 0 Å². The summed E-state index contributed by atoms with van der Waals surface area (Å²) < 4.78 is 0. The Balaban J connectivity index is -0.00000000900. The van der Waals surface area contributed by atoms with Crippen molar-refractivity contribution in [3.63, 3.8) is 0 Å². The van der Waals surface area contributed by atoms with Crippen LogP contribution >= 0.6 is 0 Å². The van der Waals surface area contributed by atoms with Crippen LogP contribution in [0.4, 0.5) is 0 Å². The molecule has 0 aromatic carbocycles. The van der Waals surface area contributed by atoms with Crippen LogP contribution in [-0.4, -0.2) is 0 Å². The molecule has 0 aromatic heterocycles.